The maximum atomic E-state index is 12.8. The first kappa shape index (κ1) is 22.1. The van der Waals surface area contributed by atoms with E-state index in [9.17, 15) is 14.0 Å². The molecule has 0 aliphatic rings. The van der Waals surface area contributed by atoms with Crippen LogP contribution in [0.1, 0.15) is 76.7 Å². The first-order chi connectivity index (χ1) is 12.6. The fourth-order valence-corrected chi connectivity index (χ4v) is 2.51. The van der Waals surface area contributed by atoms with Gasteiger partial charge in [0.25, 0.3) is 0 Å². The number of hydrogen-bond acceptors (Lipinski definition) is 4. The fraction of sp³-hybridized carbons (Fsp3) is 0.619. The van der Waals surface area contributed by atoms with Crippen molar-refractivity contribution in [2.45, 2.75) is 77.7 Å². The summed E-state index contributed by atoms with van der Waals surface area (Å²) in [7, 11) is 0. The third-order valence-corrected chi connectivity index (χ3v) is 4.09. The molecule has 0 spiro atoms. The van der Waals surface area contributed by atoms with Crippen LogP contribution < -0.4 is 0 Å². The summed E-state index contributed by atoms with van der Waals surface area (Å²) >= 11 is 0. The minimum atomic E-state index is -0.366. The Labute approximate surface area is 156 Å². The van der Waals surface area contributed by atoms with Crippen LogP contribution >= 0.6 is 0 Å². The average molecular weight is 366 g/mol. The van der Waals surface area contributed by atoms with Gasteiger partial charge in [-0.25, -0.2) is 4.39 Å². The van der Waals surface area contributed by atoms with Crippen molar-refractivity contribution in [2.75, 3.05) is 6.61 Å². The molecule has 4 nitrogen and oxygen atoms in total. The van der Waals surface area contributed by atoms with Crippen LogP contribution in [0.25, 0.3) is 0 Å². The minimum absolute atomic E-state index is 0.113. The van der Waals surface area contributed by atoms with E-state index >= 15 is 0 Å². The first-order valence-corrected chi connectivity index (χ1v) is 9.67. The highest BCUT2D eigenvalue weighted by Crippen LogP contribution is 2.08. The summed E-state index contributed by atoms with van der Waals surface area (Å²) in [6.45, 7) is 2.77. The zero-order valence-electron chi connectivity index (χ0n) is 15.8. The summed E-state index contributed by atoms with van der Waals surface area (Å²) < 4.78 is 23.0. The van der Waals surface area contributed by atoms with Crippen LogP contribution in [-0.2, 0) is 25.7 Å². The highest BCUT2D eigenvalue weighted by Gasteiger charge is 2.07. The standard InChI is InChI=1S/C21H31FO4/c1-2-3-4-5-6-7-8-16-25-20(23)10-9-11-21(24)26-17-18-12-14-19(22)15-13-18/h12-15H,2-11,16-17H2,1H3. The van der Waals surface area contributed by atoms with E-state index in [1.54, 1.807) is 12.1 Å². The van der Waals surface area contributed by atoms with E-state index in [2.05, 4.69) is 6.92 Å². The Kier molecular flexibility index (Phi) is 12.2. The van der Waals surface area contributed by atoms with Gasteiger partial charge < -0.3 is 9.47 Å². The molecule has 146 valence electrons. The van der Waals surface area contributed by atoms with Crippen molar-refractivity contribution < 1.29 is 23.5 Å². The SMILES string of the molecule is CCCCCCCCCOC(=O)CCCC(=O)OCc1ccc(F)cc1. The largest absolute Gasteiger partial charge is 0.466 e. The van der Waals surface area contributed by atoms with Crippen molar-refractivity contribution in [1.29, 1.82) is 0 Å². The molecule has 0 saturated carbocycles. The molecule has 26 heavy (non-hydrogen) atoms. The molecule has 0 amide bonds. The summed E-state index contributed by atoms with van der Waals surface area (Å²) in [5, 5.41) is 0. The number of rotatable bonds is 14. The van der Waals surface area contributed by atoms with Gasteiger partial charge in [0.05, 0.1) is 6.61 Å². The topological polar surface area (TPSA) is 52.6 Å². The van der Waals surface area contributed by atoms with Crippen LogP contribution in [0.15, 0.2) is 24.3 Å². The monoisotopic (exact) mass is 366 g/mol. The van der Waals surface area contributed by atoms with Gasteiger partial charge in [-0.3, -0.25) is 9.59 Å². The van der Waals surface area contributed by atoms with E-state index in [1.165, 1.54) is 44.2 Å². The molecule has 1 rings (SSSR count). The maximum absolute atomic E-state index is 12.8. The zero-order chi connectivity index (χ0) is 19.0. The molecule has 1 aromatic rings. The molecule has 0 aliphatic carbocycles. The second-order valence-electron chi connectivity index (χ2n) is 6.48. The van der Waals surface area contributed by atoms with Crippen molar-refractivity contribution in [2.24, 2.45) is 0 Å². The number of ether oxygens (including phenoxy) is 2. The summed E-state index contributed by atoms with van der Waals surface area (Å²) in [6.07, 6.45) is 9.07. The lowest BCUT2D eigenvalue weighted by Crippen LogP contribution is -2.09. The molecular formula is C21H31FO4. The van der Waals surface area contributed by atoms with Gasteiger partial charge in [0.15, 0.2) is 0 Å². The van der Waals surface area contributed by atoms with Gasteiger partial charge in [-0.05, 0) is 30.5 Å². The molecular weight excluding hydrogens is 335 g/mol. The van der Waals surface area contributed by atoms with Crippen LogP contribution in [0.2, 0.25) is 0 Å². The van der Waals surface area contributed by atoms with Gasteiger partial charge in [-0.2, -0.15) is 0 Å². The van der Waals surface area contributed by atoms with Crippen LogP contribution in [0.3, 0.4) is 0 Å². The Morgan fingerprint density at radius 2 is 1.38 bits per heavy atom. The Bertz CT molecular complexity index is 513. The third-order valence-electron chi connectivity index (χ3n) is 4.09. The van der Waals surface area contributed by atoms with Crippen LogP contribution in [0.5, 0.6) is 0 Å². The van der Waals surface area contributed by atoms with Gasteiger partial charge in [-0.1, -0.05) is 57.6 Å². The molecule has 0 heterocycles. The average Bonchev–Trinajstić information content (AvgIpc) is 2.63. The first-order valence-electron chi connectivity index (χ1n) is 9.67. The lowest BCUT2D eigenvalue weighted by atomic mass is 10.1. The van der Waals surface area contributed by atoms with Crippen molar-refractivity contribution in [3.63, 3.8) is 0 Å². The zero-order valence-corrected chi connectivity index (χ0v) is 15.8. The van der Waals surface area contributed by atoms with Crippen molar-refractivity contribution in [3.05, 3.63) is 35.6 Å². The Balaban J connectivity index is 1.96. The summed E-state index contributed by atoms with van der Waals surface area (Å²) in [6, 6.07) is 5.79. The molecule has 0 radical (unpaired) electrons. The van der Waals surface area contributed by atoms with E-state index < -0.39 is 0 Å². The predicted octanol–water partition coefficient (Wildman–Crippen LogP) is 5.33. The van der Waals surface area contributed by atoms with Crippen molar-refractivity contribution >= 4 is 11.9 Å². The van der Waals surface area contributed by atoms with E-state index in [-0.39, 0.29) is 37.2 Å². The second kappa shape index (κ2) is 14.3. The molecule has 0 saturated heterocycles. The molecule has 0 aromatic heterocycles. The number of carbonyl (C=O) groups is 2. The Morgan fingerprint density at radius 3 is 2.04 bits per heavy atom. The number of hydrogen-bond donors (Lipinski definition) is 0. The van der Waals surface area contributed by atoms with Crippen LogP contribution in [0.4, 0.5) is 4.39 Å². The van der Waals surface area contributed by atoms with Crippen LogP contribution in [0, 0.1) is 5.82 Å². The molecule has 0 atom stereocenters. The summed E-state index contributed by atoms with van der Waals surface area (Å²) in [4.78, 5) is 23.2. The number of carbonyl (C=O) groups excluding carboxylic acids is 2. The third kappa shape index (κ3) is 11.6. The lowest BCUT2D eigenvalue weighted by molar-refractivity contribution is -0.146. The molecule has 0 fully saturated rings. The lowest BCUT2D eigenvalue weighted by Gasteiger charge is -2.06. The van der Waals surface area contributed by atoms with Gasteiger partial charge >= 0.3 is 11.9 Å². The number of esters is 2. The second-order valence-corrected chi connectivity index (χ2v) is 6.48. The van der Waals surface area contributed by atoms with Crippen LogP contribution in [-0.4, -0.2) is 18.5 Å². The summed E-state index contributed by atoms with van der Waals surface area (Å²) in [5.74, 6) is -0.952. The molecule has 1 aromatic carbocycles. The smallest absolute Gasteiger partial charge is 0.306 e. The van der Waals surface area contributed by atoms with E-state index in [0.29, 0.717) is 13.0 Å². The van der Waals surface area contributed by atoms with Gasteiger partial charge in [0.2, 0.25) is 0 Å². The molecule has 0 bridgehead atoms. The number of benzene rings is 1. The predicted molar refractivity (Wildman–Crippen MR) is 99.0 cm³/mol. The highest BCUT2D eigenvalue weighted by atomic mass is 19.1. The quantitative estimate of drug-likeness (QED) is 0.330. The number of halogens is 1. The molecule has 0 N–H and O–H groups in total. The van der Waals surface area contributed by atoms with Gasteiger partial charge in [-0.15, -0.1) is 0 Å². The molecule has 5 heteroatoms. The minimum Gasteiger partial charge on any atom is -0.466 e. The molecule has 0 aliphatic heterocycles. The Hall–Kier alpha value is -1.91. The Morgan fingerprint density at radius 1 is 0.808 bits per heavy atom. The van der Waals surface area contributed by atoms with Crippen molar-refractivity contribution in [3.8, 4) is 0 Å². The van der Waals surface area contributed by atoms with Gasteiger partial charge in [0, 0.05) is 12.8 Å². The maximum Gasteiger partial charge on any atom is 0.306 e. The number of unbranched alkanes of at least 4 members (excludes halogenated alkanes) is 6. The summed E-state index contributed by atoms with van der Waals surface area (Å²) in [5.41, 5.74) is 0.730. The van der Waals surface area contributed by atoms with E-state index in [4.69, 9.17) is 9.47 Å². The van der Waals surface area contributed by atoms with Crippen molar-refractivity contribution in [1.82, 2.24) is 0 Å². The normalized spacial score (nSPS) is 10.5. The van der Waals surface area contributed by atoms with E-state index in [1.807, 2.05) is 0 Å². The fourth-order valence-electron chi connectivity index (χ4n) is 2.51. The van der Waals surface area contributed by atoms with E-state index in [0.717, 1.165) is 18.4 Å². The molecule has 0 unspecified atom stereocenters. The highest BCUT2D eigenvalue weighted by molar-refractivity contribution is 5.72. The van der Waals surface area contributed by atoms with Gasteiger partial charge in [0.1, 0.15) is 12.4 Å².